The fraction of sp³-hybridized carbons (Fsp3) is 0.648. The summed E-state index contributed by atoms with van der Waals surface area (Å²) in [4.78, 5) is 38.3. The summed E-state index contributed by atoms with van der Waals surface area (Å²) in [6, 6.07) is 0. The molecule has 0 bridgehead atoms. The lowest BCUT2D eigenvalue weighted by molar-refractivity contribution is -0.167. The first-order valence-electron chi connectivity index (χ1n) is 31.7. The summed E-state index contributed by atoms with van der Waals surface area (Å²) in [5.74, 6) is -0.957. The number of carbonyl (C=O) groups excluding carboxylic acids is 3. The van der Waals surface area contributed by atoms with Crippen LogP contribution in [0.4, 0.5) is 0 Å². The van der Waals surface area contributed by atoms with Crippen LogP contribution in [0.15, 0.2) is 134 Å². The van der Waals surface area contributed by atoms with E-state index in [0.29, 0.717) is 19.3 Å². The van der Waals surface area contributed by atoms with Gasteiger partial charge >= 0.3 is 17.9 Å². The smallest absolute Gasteiger partial charge is 0.306 e. The number of rotatable bonds is 56. The van der Waals surface area contributed by atoms with Gasteiger partial charge in [-0.3, -0.25) is 14.4 Å². The quantitative estimate of drug-likeness (QED) is 0.0261. The van der Waals surface area contributed by atoms with Gasteiger partial charge in [0, 0.05) is 19.3 Å². The normalized spacial score (nSPS) is 13.0. The Bertz CT molecular complexity index is 1650. The van der Waals surface area contributed by atoms with E-state index < -0.39 is 6.10 Å². The first kappa shape index (κ1) is 72.5. The van der Waals surface area contributed by atoms with Crippen LogP contribution >= 0.6 is 0 Å². The highest BCUT2D eigenvalue weighted by Gasteiger charge is 2.19. The van der Waals surface area contributed by atoms with Gasteiger partial charge in [0.2, 0.25) is 0 Å². The van der Waals surface area contributed by atoms with Gasteiger partial charge < -0.3 is 14.2 Å². The second-order valence-corrected chi connectivity index (χ2v) is 20.6. The van der Waals surface area contributed by atoms with Gasteiger partial charge in [0.25, 0.3) is 0 Å². The molecule has 0 fully saturated rings. The van der Waals surface area contributed by atoms with E-state index in [4.69, 9.17) is 14.2 Å². The Morgan fingerprint density at radius 3 is 0.831 bits per heavy atom. The summed E-state index contributed by atoms with van der Waals surface area (Å²) < 4.78 is 16.9. The molecule has 77 heavy (non-hydrogen) atoms. The van der Waals surface area contributed by atoms with Crippen molar-refractivity contribution in [2.75, 3.05) is 13.2 Å². The topological polar surface area (TPSA) is 78.9 Å². The Morgan fingerprint density at radius 1 is 0.273 bits per heavy atom. The summed E-state index contributed by atoms with van der Waals surface area (Å²) in [5.41, 5.74) is 0. The highest BCUT2D eigenvalue weighted by molar-refractivity contribution is 5.71. The maximum atomic E-state index is 12.9. The third kappa shape index (κ3) is 62.3. The third-order valence-electron chi connectivity index (χ3n) is 13.1. The van der Waals surface area contributed by atoms with Gasteiger partial charge in [0.15, 0.2) is 6.10 Å². The minimum atomic E-state index is -0.809. The predicted molar refractivity (Wildman–Crippen MR) is 334 cm³/mol. The molecule has 6 nitrogen and oxygen atoms in total. The summed E-state index contributed by atoms with van der Waals surface area (Å²) in [7, 11) is 0. The van der Waals surface area contributed by atoms with Gasteiger partial charge in [0.05, 0.1) is 0 Å². The molecule has 0 aromatic heterocycles. The summed E-state index contributed by atoms with van der Waals surface area (Å²) in [6.07, 6.45) is 90.2. The van der Waals surface area contributed by atoms with Crippen molar-refractivity contribution in [2.45, 2.75) is 284 Å². The van der Waals surface area contributed by atoms with E-state index in [9.17, 15) is 14.4 Å². The molecule has 0 rings (SSSR count). The van der Waals surface area contributed by atoms with E-state index in [1.807, 2.05) is 0 Å². The maximum Gasteiger partial charge on any atom is 0.306 e. The zero-order valence-corrected chi connectivity index (χ0v) is 49.9. The number of hydrogen-bond donors (Lipinski definition) is 0. The molecule has 0 saturated heterocycles. The van der Waals surface area contributed by atoms with Gasteiger partial charge in [-0.25, -0.2) is 0 Å². The molecule has 436 valence electrons. The molecular formula is C71H116O6. The number of esters is 3. The molecular weight excluding hydrogens is 949 g/mol. The molecule has 1 unspecified atom stereocenters. The first-order chi connectivity index (χ1) is 38.0. The van der Waals surface area contributed by atoms with E-state index in [-0.39, 0.29) is 31.1 Å². The molecule has 0 aromatic rings. The van der Waals surface area contributed by atoms with E-state index >= 15 is 0 Å². The average molecular weight is 1070 g/mol. The van der Waals surface area contributed by atoms with Gasteiger partial charge in [-0.1, -0.05) is 251 Å². The monoisotopic (exact) mass is 1060 g/mol. The molecule has 0 N–H and O–H groups in total. The molecule has 0 aliphatic rings. The minimum Gasteiger partial charge on any atom is -0.462 e. The highest BCUT2D eigenvalue weighted by atomic mass is 16.6. The lowest BCUT2D eigenvalue weighted by Crippen LogP contribution is -2.30. The molecule has 0 aliphatic heterocycles. The maximum absolute atomic E-state index is 12.9. The molecule has 0 radical (unpaired) electrons. The van der Waals surface area contributed by atoms with Crippen molar-refractivity contribution in [3.63, 3.8) is 0 Å². The Balaban J connectivity index is 4.47. The molecule has 0 saturated carbocycles. The van der Waals surface area contributed by atoms with Gasteiger partial charge in [-0.05, 0) is 141 Å². The molecule has 0 aliphatic carbocycles. The lowest BCUT2D eigenvalue weighted by atomic mass is 10.1. The van der Waals surface area contributed by atoms with Crippen LogP contribution in [-0.2, 0) is 28.6 Å². The molecule has 0 heterocycles. The van der Waals surface area contributed by atoms with Crippen LogP contribution in [0.1, 0.15) is 278 Å². The van der Waals surface area contributed by atoms with Crippen molar-refractivity contribution >= 4 is 17.9 Å². The van der Waals surface area contributed by atoms with Gasteiger partial charge in [0.1, 0.15) is 13.2 Å². The van der Waals surface area contributed by atoms with Crippen molar-refractivity contribution in [3.8, 4) is 0 Å². The second kappa shape index (κ2) is 64.1. The summed E-state index contributed by atoms with van der Waals surface area (Å²) >= 11 is 0. The average Bonchev–Trinajstić information content (AvgIpc) is 3.43. The van der Waals surface area contributed by atoms with Gasteiger partial charge in [-0.15, -0.1) is 0 Å². The van der Waals surface area contributed by atoms with Crippen molar-refractivity contribution in [1.29, 1.82) is 0 Å². The zero-order valence-electron chi connectivity index (χ0n) is 49.9. The number of unbranched alkanes of at least 4 members (excludes halogenated alkanes) is 23. The van der Waals surface area contributed by atoms with E-state index in [1.165, 1.54) is 89.9 Å². The first-order valence-corrected chi connectivity index (χ1v) is 31.7. The Morgan fingerprint density at radius 2 is 0.506 bits per heavy atom. The molecule has 1 atom stereocenters. The largest absolute Gasteiger partial charge is 0.462 e. The SMILES string of the molecule is CC/C=C\C/C=C\C/C=C\C/C=C\C/C=C\C/C=C\C/C=C\CCCCCC(=O)OCC(COC(=O)CCCCCCC/C=C\CCCCCC)OC(=O)CCCCCCCC/C=C\C/C=C\C/C=C\CCCCCCC. The van der Waals surface area contributed by atoms with Crippen molar-refractivity contribution in [3.05, 3.63) is 134 Å². The van der Waals surface area contributed by atoms with Crippen LogP contribution in [0.5, 0.6) is 0 Å². The van der Waals surface area contributed by atoms with E-state index in [0.717, 1.165) is 148 Å². The fourth-order valence-corrected chi connectivity index (χ4v) is 8.36. The molecule has 0 amide bonds. The Labute approximate surface area is 475 Å². The standard InChI is InChI=1S/C71H116O6/c1-4-7-10-13-16-19-22-25-27-29-31-33-34-35-36-38-39-41-43-46-49-52-55-58-61-64-70(73)76-67-68(66-75-69(72)63-60-57-54-51-48-45-24-21-18-15-12-9-6-3)77-71(74)65-62-59-56-53-50-47-44-42-40-37-32-30-28-26-23-20-17-14-11-8-5-2/h7,10,16,19,21,23-27,30-33,35-36,39-42,46,49,68H,4-6,8-9,11-15,17-18,20,22,28-29,34,37-38,43-45,47-48,50-67H2,1-3H3/b10-7-,19-16-,24-21-,26-23-,27-25-,32-30-,33-31-,36-35-,41-39-,42-40-,49-46-. The van der Waals surface area contributed by atoms with Crippen LogP contribution < -0.4 is 0 Å². The fourth-order valence-electron chi connectivity index (χ4n) is 8.36. The summed E-state index contributed by atoms with van der Waals surface area (Å²) in [5, 5.41) is 0. The van der Waals surface area contributed by atoms with Crippen molar-refractivity contribution < 1.29 is 28.6 Å². The predicted octanol–water partition coefficient (Wildman–Crippen LogP) is 21.8. The van der Waals surface area contributed by atoms with E-state index in [1.54, 1.807) is 0 Å². The summed E-state index contributed by atoms with van der Waals surface area (Å²) in [6.45, 7) is 6.46. The van der Waals surface area contributed by atoms with E-state index in [2.05, 4.69) is 154 Å². The van der Waals surface area contributed by atoms with Crippen molar-refractivity contribution in [2.24, 2.45) is 0 Å². The number of allylic oxidation sites excluding steroid dienone is 22. The Kier molecular flexibility index (Phi) is 60.4. The minimum absolute atomic E-state index is 0.102. The van der Waals surface area contributed by atoms with Gasteiger partial charge in [-0.2, -0.15) is 0 Å². The van der Waals surface area contributed by atoms with Crippen molar-refractivity contribution in [1.82, 2.24) is 0 Å². The second-order valence-electron chi connectivity index (χ2n) is 20.6. The number of hydrogen-bond acceptors (Lipinski definition) is 6. The van der Waals surface area contributed by atoms with Crippen LogP contribution in [-0.4, -0.2) is 37.2 Å². The van der Waals surface area contributed by atoms with Crippen LogP contribution in [0.25, 0.3) is 0 Å². The molecule has 0 spiro atoms. The van der Waals surface area contributed by atoms with Crippen LogP contribution in [0, 0.1) is 0 Å². The highest BCUT2D eigenvalue weighted by Crippen LogP contribution is 2.14. The number of ether oxygens (including phenoxy) is 3. The van der Waals surface area contributed by atoms with Crippen LogP contribution in [0.3, 0.4) is 0 Å². The Hall–Kier alpha value is -4.45. The molecule has 0 aromatic carbocycles. The lowest BCUT2D eigenvalue weighted by Gasteiger charge is -2.18. The third-order valence-corrected chi connectivity index (χ3v) is 13.1. The van der Waals surface area contributed by atoms with Crippen LogP contribution in [0.2, 0.25) is 0 Å². The molecule has 6 heteroatoms. The zero-order chi connectivity index (χ0) is 55.7. The number of carbonyl (C=O) groups is 3.